The van der Waals surface area contributed by atoms with Gasteiger partial charge in [-0.25, -0.2) is 14.5 Å². The van der Waals surface area contributed by atoms with Crippen LogP contribution in [0.2, 0.25) is 0 Å². The van der Waals surface area contributed by atoms with Crippen LogP contribution in [0.3, 0.4) is 0 Å². The molecule has 4 rings (SSSR count). The van der Waals surface area contributed by atoms with Crippen molar-refractivity contribution in [1.29, 1.82) is 0 Å². The lowest BCUT2D eigenvalue weighted by atomic mass is 10.0. The number of nitrogens with one attached hydrogen (secondary N) is 1. The molecule has 0 spiro atoms. The summed E-state index contributed by atoms with van der Waals surface area (Å²) in [5.41, 5.74) is 3.76. The first-order valence-corrected chi connectivity index (χ1v) is 9.75. The Kier molecular flexibility index (Phi) is 4.85. The third-order valence-electron chi connectivity index (χ3n) is 4.67. The standard InChI is InChI=1S/C18H21N7OS/c1-12-7-8-13(9-15(12)25-11-19-22-23-25)20-18(26)24(2)10-17-21-14-5-3-4-6-16(14)27-17/h7-9,11H,3-6,10H2,1-2H3,(H,20,26). The first-order valence-electron chi connectivity index (χ1n) is 8.94. The molecule has 0 radical (unpaired) electrons. The molecule has 140 valence electrons. The molecular weight excluding hydrogens is 362 g/mol. The van der Waals surface area contributed by atoms with E-state index >= 15 is 0 Å². The van der Waals surface area contributed by atoms with Gasteiger partial charge in [0.25, 0.3) is 0 Å². The predicted octanol–water partition coefficient (Wildman–Crippen LogP) is 2.97. The lowest BCUT2D eigenvalue weighted by Crippen LogP contribution is -2.30. The molecule has 0 aliphatic heterocycles. The molecule has 1 aliphatic rings. The highest BCUT2D eigenvalue weighted by Crippen LogP contribution is 2.27. The van der Waals surface area contributed by atoms with Gasteiger partial charge in [0.2, 0.25) is 0 Å². The van der Waals surface area contributed by atoms with Crippen LogP contribution in [0, 0.1) is 6.92 Å². The fourth-order valence-electron chi connectivity index (χ4n) is 3.17. The Morgan fingerprint density at radius 1 is 1.33 bits per heavy atom. The average Bonchev–Trinajstić information content (AvgIpc) is 3.32. The Morgan fingerprint density at radius 3 is 2.96 bits per heavy atom. The number of thiazole rings is 1. The van der Waals surface area contributed by atoms with Crippen molar-refractivity contribution in [3.63, 3.8) is 0 Å². The van der Waals surface area contributed by atoms with Crippen LogP contribution in [0.25, 0.3) is 5.69 Å². The second kappa shape index (κ2) is 7.43. The number of anilines is 1. The van der Waals surface area contributed by atoms with Gasteiger partial charge in [0, 0.05) is 17.6 Å². The van der Waals surface area contributed by atoms with Gasteiger partial charge in [-0.3, -0.25) is 0 Å². The van der Waals surface area contributed by atoms with Crippen LogP contribution < -0.4 is 5.32 Å². The van der Waals surface area contributed by atoms with Crippen LogP contribution in [0.15, 0.2) is 24.5 Å². The normalized spacial score (nSPS) is 13.3. The van der Waals surface area contributed by atoms with Gasteiger partial charge in [-0.15, -0.1) is 16.4 Å². The van der Waals surface area contributed by atoms with E-state index < -0.39 is 0 Å². The summed E-state index contributed by atoms with van der Waals surface area (Å²) in [6.07, 6.45) is 6.16. The van der Waals surface area contributed by atoms with E-state index in [0.717, 1.165) is 29.1 Å². The monoisotopic (exact) mass is 383 g/mol. The van der Waals surface area contributed by atoms with Gasteiger partial charge in [0.15, 0.2) is 0 Å². The fraction of sp³-hybridized carbons (Fsp3) is 0.389. The van der Waals surface area contributed by atoms with E-state index in [2.05, 4.69) is 20.8 Å². The summed E-state index contributed by atoms with van der Waals surface area (Å²) in [5, 5.41) is 15.2. The highest BCUT2D eigenvalue weighted by Gasteiger charge is 2.18. The second-order valence-corrected chi connectivity index (χ2v) is 7.89. The summed E-state index contributed by atoms with van der Waals surface area (Å²) >= 11 is 1.73. The molecule has 0 bridgehead atoms. The number of rotatable bonds is 4. The molecule has 0 unspecified atom stereocenters. The summed E-state index contributed by atoms with van der Waals surface area (Å²) in [5.74, 6) is 0. The average molecular weight is 383 g/mol. The molecule has 0 saturated heterocycles. The summed E-state index contributed by atoms with van der Waals surface area (Å²) in [4.78, 5) is 20.3. The first-order chi connectivity index (χ1) is 13.1. The number of benzene rings is 1. The minimum atomic E-state index is -0.172. The maximum absolute atomic E-state index is 12.6. The van der Waals surface area contributed by atoms with Crippen molar-refractivity contribution >= 4 is 23.1 Å². The van der Waals surface area contributed by atoms with Crippen molar-refractivity contribution in [2.24, 2.45) is 0 Å². The van der Waals surface area contributed by atoms with Crippen molar-refractivity contribution in [3.8, 4) is 5.69 Å². The summed E-state index contributed by atoms with van der Waals surface area (Å²) in [6, 6.07) is 5.49. The number of tetrazole rings is 1. The maximum Gasteiger partial charge on any atom is 0.321 e. The smallest absolute Gasteiger partial charge is 0.321 e. The third-order valence-corrected chi connectivity index (χ3v) is 5.81. The van der Waals surface area contributed by atoms with E-state index in [1.807, 2.05) is 25.1 Å². The minimum Gasteiger partial charge on any atom is -0.321 e. The van der Waals surface area contributed by atoms with Gasteiger partial charge in [0.1, 0.15) is 11.3 Å². The van der Waals surface area contributed by atoms with Crippen LogP contribution >= 0.6 is 11.3 Å². The SMILES string of the molecule is Cc1ccc(NC(=O)N(C)Cc2nc3c(s2)CCCC3)cc1-n1cnnn1. The zero-order valence-corrected chi connectivity index (χ0v) is 16.2. The van der Waals surface area contributed by atoms with Gasteiger partial charge >= 0.3 is 6.03 Å². The molecule has 9 heteroatoms. The van der Waals surface area contributed by atoms with Gasteiger partial charge in [-0.05, 0) is 60.7 Å². The van der Waals surface area contributed by atoms with E-state index in [0.29, 0.717) is 12.2 Å². The molecule has 1 aromatic carbocycles. The van der Waals surface area contributed by atoms with Gasteiger partial charge < -0.3 is 10.2 Å². The molecule has 1 aliphatic carbocycles. The molecule has 0 fully saturated rings. The van der Waals surface area contributed by atoms with Crippen LogP contribution in [0.5, 0.6) is 0 Å². The molecule has 2 amide bonds. The summed E-state index contributed by atoms with van der Waals surface area (Å²) in [6.45, 7) is 2.48. The van der Waals surface area contributed by atoms with Gasteiger partial charge in [0.05, 0.1) is 17.9 Å². The van der Waals surface area contributed by atoms with E-state index in [4.69, 9.17) is 4.98 Å². The molecule has 1 N–H and O–H groups in total. The number of carbonyl (C=O) groups excluding carboxylic acids is 1. The number of urea groups is 1. The van der Waals surface area contributed by atoms with Crippen molar-refractivity contribution < 1.29 is 4.79 Å². The Hall–Kier alpha value is -2.81. The van der Waals surface area contributed by atoms with Crippen LogP contribution in [-0.4, -0.2) is 43.2 Å². The third kappa shape index (κ3) is 3.82. The number of hydrogen-bond acceptors (Lipinski definition) is 6. The molecule has 2 aromatic heterocycles. The second-order valence-electron chi connectivity index (χ2n) is 6.73. The van der Waals surface area contributed by atoms with E-state index in [-0.39, 0.29) is 6.03 Å². The van der Waals surface area contributed by atoms with E-state index in [1.54, 1.807) is 28.0 Å². The van der Waals surface area contributed by atoms with Crippen molar-refractivity contribution in [2.75, 3.05) is 12.4 Å². The van der Waals surface area contributed by atoms with Gasteiger partial charge in [-0.2, -0.15) is 0 Å². The lowest BCUT2D eigenvalue weighted by Gasteiger charge is -2.17. The van der Waals surface area contributed by atoms with Crippen LogP contribution in [0.4, 0.5) is 10.5 Å². The highest BCUT2D eigenvalue weighted by atomic mass is 32.1. The lowest BCUT2D eigenvalue weighted by molar-refractivity contribution is 0.220. The zero-order valence-electron chi connectivity index (χ0n) is 15.3. The molecule has 0 saturated carbocycles. The largest absolute Gasteiger partial charge is 0.321 e. The van der Waals surface area contributed by atoms with E-state index in [1.165, 1.54) is 29.7 Å². The van der Waals surface area contributed by atoms with E-state index in [9.17, 15) is 4.79 Å². The number of hydrogen-bond donors (Lipinski definition) is 1. The molecular formula is C18H21N7OS. The fourth-order valence-corrected chi connectivity index (χ4v) is 4.38. The number of aromatic nitrogens is 5. The van der Waals surface area contributed by atoms with Crippen LogP contribution in [-0.2, 0) is 19.4 Å². The molecule has 2 heterocycles. The number of fused-ring (bicyclic) bond motifs is 1. The maximum atomic E-state index is 12.6. The number of nitrogens with zero attached hydrogens (tertiary/aromatic N) is 6. The predicted molar refractivity (Wildman–Crippen MR) is 103 cm³/mol. The zero-order chi connectivity index (χ0) is 18.8. The molecule has 8 nitrogen and oxygen atoms in total. The number of aryl methyl sites for hydroxylation is 3. The summed E-state index contributed by atoms with van der Waals surface area (Å²) in [7, 11) is 1.78. The Morgan fingerprint density at radius 2 is 2.19 bits per heavy atom. The highest BCUT2D eigenvalue weighted by molar-refractivity contribution is 7.11. The van der Waals surface area contributed by atoms with Crippen molar-refractivity contribution in [1.82, 2.24) is 30.1 Å². The number of carbonyl (C=O) groups is 1. The topological polar surface area (TPSA) is 88.8 Å². The van der Waals surface area contributed by atoms with Crippen molar-refractivity contribution in [3.05, 3.63) is 45.7 Å². The van der Waals surface area contributed by atoms with Crippen molar-refractivity contribution in [2.45, 2.75) is 39.2 Å². The summed E-state index contributed by atoms with van der Waals surface area (Å²) < 4.78 is 1.58. The molecule has 3 aromatic rings. The molecule has 0 atom stereocenters. The Bertz CT molecular complexity index is 927. The Balaban J connectivity index is 1.44. The first kappa shape index (κ1) is 17.6. The number of amides is 2. The van der Waals surface area contributed by atoms with Crippen LogP contribution in [0.1, 0.15) is 34.0 Å². The Labute approximate surface area is 161 Å². The molecule has 27 heavy (non-hydrogen) atoms. The van der Waals surface area contributed by atoms with Gasteiger partial charge in [-0.1, -0.05) is 6.07 Å². The minimum absolute atomic E-state index is 0.172. The quantitative estimate of drug-likeness (QED) is 0.748.